The molecule has 0 bridgehead atoms. The van der Waals surface area contributed by atoms with Crippen LogP contribution in [0, 0.1) is 0 Å². The maximum absolute atomic E-state index is 11.7. The fourth-order valence-corrected chi connectivity index (χ4v) is 2.11. The predicted octanol–water partition coefficient (Wildman–Crippen LogP) is 0.195. The molecule has 0 aromatic carbocycles. The fourth-order valence-electron chi connectivity index (χ4n) is 2.11. The Kier molecular flexibility index (Phi) is 5.35. The van der Waals surface area contributed by atoms with Gasteiger partial charge >= 0.3 is 0 Å². The van der Waals surface area contributed by atoms with E-state index in [4.69, 9.17) is 4.74 Å². The summed E-state index contributed by atoms with van der Waals surface area (Å²) in [6.07, 6.45) is 6.38. The van der Waals surface area contributed by atoms with Crippen molar-refractivity contribution in [3.05, 3.63) is 18.2 Å². The number of amides is 1. The van der Waals surface area contributed by atoms with Crippen LogP contribution in [0.5, 0.6) is 0 Å². The van der Waals surface area contributed by atoms with Gasteiger partial charge in [0, 0.05) is 25.9 Å². The minimum atomic E-state index is 0.0111. The quantitative estimate of drug-likeness (QED) is 0.771. The first-order chi connectivity index (χ1) is 9.25. The van der Waals surface area contributed by atoms with Crippen LogP contribution >= 0.6 is 0 Å². The zero-order chi connectivity index (χ0) is 13.5. The maximum atomic E-state index is 11.7. The molecular weight excluding hydrogens is 244 g/mol. The highest BCUT2D eigenvalue weighted by molar-refractivity contribution is 5.75. The van der Waals surface area contributed by atoms with Crippen LogP contribution < -0.4 is 10.6 Å². The summed E-state index contributed by atoms with van der Waals surface area (Å²) in [6, 6.07) is 0. The van der Waals surface area contributed by atoms with Gasteiger partial charge in [-0.2, -0.15) is 0 Å². The fraction of sp³-hybridized carbons (Fsp3) is 0.692. The van der Waals surface area contributed by atoms with E-state index in [1.165, 1.54) is 0 Å². The third-order valence-corrected chi connectivity index (χ3v) is 3.33. The van der Waals surface area contributed by atoms with Crippen molar-refractivity contribution < 1.29 is 9.53 Å². The molecule has 0 unspecified atom stereocenters. The summed E-state index contributed by atoms with van der Waals surface area (Å²) in [5.41, 5.74) is 0. The van der Waals surface area contributed by atoms with E-state index in [1.807, 2.05) is 17.8 Å². The average Bonchev–Trinajstić information content (AvgIpc) is 2.83. The van der Waals surface area contributed by atoms with E-state index >= 15 is 0 Å². The molecule has 0 aliphatic carbocycles. The molecule has 2 rings (SSSR count). The molecule has 19 heavy (non-hydrogen) atoms. The second-order valence-electron chi connectivity index (χ2n) is 4.80. The number of hydrogen-bond donors (Lipinski definition) is 2. The van der Waals surface area contributed by atoms with Gasteiger partial charge in [-0.25, -0.2) is 4.98 Å². The third kappa shape index (κ3) is 4.65. The summed E-state index contributed by atoms with van der Waals surface area (Å²) in [7, 11) is 1.91. The summed E-state index contributed by atoms with van der Waals surface area (Å²) >= 11 is 0. The van der Waals surface area contributed by atoms with Crippen LogP contribution in [0.2, 0.25) is 0 Å². The normalized spacial score (nSPS) is 16.5. The van der Waals surface area contributed by atoms with Crippen molar-refractivity contribution in [3.8, 4) is 0 Å². The smallest absolute Gasteiger partial charge is 0.222 e. The van der Waals surface area contributed by atoms with Gasteiger partial charge in [-0.1, -0.05) is 0 Å². The number of piperidine rings is 1. The number of rotatable bonds is 6. The number of carbonyl (C=O) groups is 1. The Hall–Kier alpha value is -1.40. The number of imidazole rings is 1. The molecule has 6 nitrogen and oxygen atoms in total. The monoisotopic (exact) mass is 266 g/mol. The molecular formula is C13H22N4O2. The van der Waals surface area contributed by atoms with Crippen LogP contribution in [0.15, 0.2) is 12.4 Å². The lowest BCUT2D eigenvalue weighted by Gasteiger charge is -2.22. The van der Waals surface area contributed by atoms with E-state index < -0.39 is 0 Å². The molecule has 1 amide bonds. The topological polar surface area (TPSA) is 68.2 Å². The third-order valence-electron chi connectivity index (χ3n) is 3.33. The standard InChI is InChI=1S/C13H22N4O2/c1-17-8-7-15-12(17)10-16-13(18)4-9-19-11-2-5-14-6-3-11/h7-8,11,14H,2-6,9-10H2,1H3,(H,16,18). The molecule has 2 heterocycles. The Morgan fingerprint density at radius 3 is 3.05 bits per heavy atom. The van der Waals surface area contributed by atoms with Gasteiger partial charge in [0.25, 0.3) is 0 Å². The summed E-state index contributed by atoms with van der Waals surface area (Å²) in [6.45, 7) is 2.98. The van der Waals surface area contributed by atoms with E-state index in [0.717, 1.165) is 31.8 Å². The van der Waals surface area contributed by atoms with E-state index in [-0.39, 0.29) is 5.91 Å². The number of nitrogens with zero attached hydrogens (tertiary/aromatic N) is 2. The summed E-state index contributed by atoms with van der Waals surface area (Å²) in [5.74, 6) is 0.865. The van der Waals surface area contributed by atoms with Gasteiger partial charge in [0.2, 0.25) is 5.91 Å². The lowest BCUT2D eigenvalue weighted by atomic mass is 10.1. The Bertz CT molecular complexity index is 399. The first kappa shape index (κ1) is 14.0. The summed E-state index contributed by atoms with van der Waals surface area (Å²) in [5, 5.41) is 6.14. The maximum Gasteiger partial charge on any atom is 0.222 e. The predicted molar refractivity (Wildman–Crippen MR) is 71.5 cm³/mol. The van der Waals surface area contributed by atoms with Crippen molar-refractivity contribution in [2.45, 2.75) is 31.9 Å². The van der Waals surface area contributed by atoms with Crippen LogP contribution in [-0.2, 0) is 23.1 Å². The van der Waals surface area contributed by atoms with Crippen molar-refractivity contribution in [2.24, 2.45) is 7.05 Å². The van der Waals surface area contributed by atoms with Crippen molar-refractivity contribution in [3.63, 3.8) is 0 Å². The SMILES string of the molecule is Cn1ccnc1CNC(=O)CCOC1CCNCC1. The molecule has 2 N–H and O–H groups in total. The van der Waals surface area contributed by atoms with Crippen LogP contribution in [0.25, 0.3) is 0 Å². The highest BCUT2D eigenvalue weighted by atomic mass is 16.5. The number of ether oxygens (including phenoxy) is 1. The molecule has 1 fully saturated rings. The highest BCUT2D eigenvalue weighted by Crippen LogP contribution is 2.07. The number of carbonyl (C=O) groups excluding carboxylic acids is 1. The zero-order valence-electron chi connectivity index (χ0n) is 11.4. The molecule has 1 aliphatic heterocycles. The number of aryl methyl sites for hydroxylation is 1. The average molecular weight is 266 g/mol. The number of aromatic nitrogens is 2. The van der Waals surface area contributed by atoms with Crippen molar-refractivity contribution in [2.75, 3.05) is 19.7 Å². The Labute approximate surface area is 113 Å². The summed E-state index contributed by atoms with van der Waals surface area (Å²) in [4.78, 5) is 15.8. The second-order valence-corrected chi connectivity index (χ2v) is 4.80. The second kappa shape index (κ2) is 7.25. The minimum absolute atomic E-state index is 0.0111. The van der Waals surface area contributed by atoms with Crippen LogP contribution in [0.4, 0.5) is 0 Å². The van der Waals surface area contributed by atoms with Gasteiger partial charge in [-0.15, -0.1) is 0 Å². The molecule has 1 aliphatic rings. The van der Waals surface area contributed by atoms with Gasteiger partial charge in [-0.05, 0) is 25.9 Å². The molecule has 0 radical (unpaired) electrons. The van der Waals surface area contributed by atoms with Gasteiger partial charge in [0.15, 0.2) is 0 Å². The molecule has 1 aromatic rings. The highest BCUT2D eigenvalue weighted by Gasteiger charge is 2.13. The first-order valence-corrected chi connectivity index (χ1v) is 6.81. The number of hydrogen-bond acceptors (Lipinski definition) is 4. The lowest BCUT2D eigenvalue weighted by molar-refractivity contribution is -0.123. The molecule has 106 valence electrons. The number of nitrogens with one attached hydrogen (secondary N) is 2. The van der Waals surface area contributed by atoms with Crippen LogP contribution in [0.1, 0.15) is 25.1 Å². The van der Waals surface area contributed by atoms with Gasteiger partial charge in [0.1, 0.15) is 5.82 Å². The minimum Gasteiger partial charge on any atom is -0.378 e. The molecule has 0 spiro atoms. The van der Waals surface area contributed by atoms with E-state index in [9.17, 15) is 4.79 Å². The first-order valence-electron chi connectivity index (χ1n) is 6.81. The lowest BCUT2D eigenvalue weighted by Crippen LogP contribution is -2.33. The van der Waals surface area contributed by atoms with Crippen molar-refractivity contribution in [1.82, 2.24) is 20.2 Å². The Balaban J connectivity index is 1.58. The van der Waals surface area contributed by atoms with Crippen molar-refractivity contribution in [1.29, 1.82) is 0 Å². The molecule has 0 atom stereocenters. The van der Waals surface area contributed by atoms with Gasteiger partial charge in [-0.3, -0.25) is 4.79 Å². The van der Waals surface area contributed by atoms with Crippen molar-refractivity contribution >= 4 is 5.91 Å². The van der Waals surface area contributed by atoms with Gasteiger partial charge in [0.05, 0.1) is 19.3 Å². The van der Waals surface area contributed by atoms with Crippen LogP contribution in [0.3, 0.4) is 0 Å². The molecule has 0 saturated carbocycles. The van der Waals surface area contributed by atoms with E-state index in [2.05, 4.69) is 15.6 Å². The van der Waals surface area contributed by atoms with Gasteiger partial charge < -0.3 is 19.9 Å². The largest absolute Gasteiger partial charge is 0.378 e. The van der Waals surface area contributed by atoms with E-state index in [0.29, 0.717) is 25.7 Å². The molecule has 1 aromatic heterocycles. The summed E-state index contributed by atoms with van der Waals surface area (Å²) < 4.78 is 7.59. The van der Waals surface area contributed by atoms with Crippen LogP contribution in [-0.4, -0.2) is 41.3 Å². The molecule has 1 saturated heterocycles. The van der Waals surface area contributed by atoms with E-state index in [1.54, 1.807) is 6.20 Å². The molecule has 6 heteroatoms. The Morgan fingerprint density at radius 1 is 1.58 bits per heavy atom. The Morgan fingerprint density at radius 2 is 2.37 bits per heavy atom. The zero-order valence-corrected chi connectivity index (χ0v) is 11.4.